The number of unbranched alkanes of at least 4 members (excludes halogenated alkanes) is 1. The van der Waals surface area contributed by atoms with Gasteiger partial charge in [-0.1, -0.05) is 79.0 Å². The molecule has 0 aliphatic heterocycles. The number of nitrogens with one attached hydrogen (secondary N) is 1. The summed E-state index contributed by atoms with van der Waals surface area (Å²) in [6.45, 7) is 5.58. The number of halogens is 1. The van der Waals surface area contributed by atoms with Gasteiger partial charge in [-0.3, -0.25) is 13.9 Å². The molecule has 38 heavy (non-hydrogen) atoms. The van der Waals surface area contributed by atoms with Gasteiger partial charge in [0.2, 0.25) is 11.8 Å². The number of carbonyl (C=O) groups is 2. The van der Waals surface area contributed by atoms with Crippen molar-refractivity contribution in [2.75, 3.05) is 17.4 Å². The van der Waals surface area contributed by atoms with Gasteiger partial charge in [0.25, 0.3) is 10.0 Å². The average molecular weight is 556 g/mol. The molecular formula is C29H34ClN3O4S. The Bertz CT molecular complexity index is 1330. The summed E-state index contributed by atoms with van der Waals surface area (Å²) in [7, 11) is -4.08. The zero-order valence-electron chi connectivity index (χ0n) is 21.9. The van der Waals surface area contributed by atoms with E-state index in [0.29, 0.717) is 22.8 Å². The molecule has 0 radical (unpaired) electrons. The van der Waals surface area contributed by atoms with Gasteiger partial charge in [0.15, 0.2) is 0 Å². The summed E-state index contributed by atoms with van der Waals surface area (Å²) in [4.78, 5) is 28.3. The summed E-state index contributed by atoms with van der Waals surface area (Å²) < 4.78 is 28.6. The van der Waals surface area contributed by atoms with E-state index in [1.54, 1.807) is 73.7 Å². The quantitative estimate of drug-likeness (QED) is 0.312. The molecule has 7 nitrogen and oxygen atoms in total. The summed E-state index contributed by atoms with van der Waals surface area (Å²) in [5.74, 6) is -0.839. The summed E-state index contributed by atoms with van der Waals surface area (Å²) in [6.07, 6.45) is 1.73. The van der Waals surface area contributed by atoms with Crippen LogP contribution in [0.2, 0.25) is 5.02 Å². The molecule has 3 aromatic carbocycles. The number of sulfonamides is 1. The molecule has 0 aliphatic carbocycles. The van der Waals surface area contributed by atoms with Crippen LogP contribution >= 0.6 is 11.6 Å². The number of para-hydroxylation sites is 1. The van der Waals surface area contributed by atoms with Crippen LogP contribution in [0.5, 0.6) is 0 Å². The molecule has 3 rings (SSSR count). The van der Waals surface area contributed by atoms with Crippen LogP contribution in [0.3, 0.4) is 0 Å². The zero-order valence-corrected chi connectivity index (χ0v) is 23.5. The first-order valence-corrected chi connectivity index (χ1v) is 14.4. The molecule has 1 N–H and O–H groups in total. The number of aryl methyl sites for hydroxylation is 1. The minimum Gasteiger partial charge on any atom is -0.354 e. The van der Waals surface area contributed by atoms with E-state index in [9.17, 15) is 18.0 Å². The lowest BCUT2D eigenvalue weighted by Crippen LogP contribution is -2.51. The van der Waals surface area contributed by atoms with Crippen LogP contribution in [0.25, 0.3) is 0 Å². The van der Waals surface area contributed by atoms with Crippen LogP contribution in [-0.4, -0.2) is 44.3 Å². The molecule has 0 spiro atoms. The van der Waals surface area contributed by atoms with Crippen LogP contribution in [0.1, 0.15) is 37.8 Å². The second-order valence-corrected chi connectivity index (χ2v) is 11.4. The molecule has 202 valence electrons. The third-order valence-electron chi connectivity index (χ3n) is 6.23. The molecule has 1 atom stereocenters. The molecule has 0 saturated carbocycles. The van der Waals surface area contributed by atoms with E-state index in [-0.39, 0.29) is 17.3 Å². The van der Waals surface area contributed by atoms with Crippen molar-refractivity contribution in [1.82, 2.24) is 10.2 Å². The van der Waals surface area contributed by atoms with Crippen molar-refractivity contribution >= 4 is 39.1 Å². The molecular weight excluding hydrogens is 522 g/mol. The maximum absolute atomic E-state index is 13.8. The molecule has 0 saturated heterocycles. The maximum Gasteiger partial charge on any atom is 0.264 e. The topological polar surface area (TPSA) is 86.8 Å². The highest BCUT2D eigenvalue weighted by molar-refractivity contribution is 7.92. The predicted molar refractivity (Wildman–Crippen MR) is 152 cm³/mol. The molecule has 2 amide bonds. The number of benzene rings is 3. The van der Waals surface area contributed by atoms with Crippen molar-refractivity contribution in [2.45, 2.75) is 51.1 Å². The largest absolute Gasteiger partial charge is 0.354 e. The van der Waals surface area contributed by atoms with E-state index in [1.807, 2.05) is 13.8 Å². The minimum atomic E-state index is -4.08. The van der Waals surface area contributed by atoms with Gasteiger partial charge in [-0.15, -0.1) is 0 Å². The molecule has 0 bridgehead atoms. The number of hydrogen-bond acceptors (Lipinski definition) is 4. The van der Waals surface area contributed by atoms with E-state index in [4.69, 9.17) is 11.6 Å². The van der Waals surface area contributed by atoms with Gasteiger partial charge < -0.3 is 10.2 Å². The van der Waals surface area contributed by atoms with E-state index in [2.05, 4.69) is 5.32 Å². The van der Waals surface area contributed by atoms with Gasteiger partial charge in [0.05, 0.1) is 10.6 Å². The fraction of sp³-hybridized carbons (Fsp3) is 0.310. The fourth-order valence-corrected chi connectivity index (χ4v) is 5.50. The Hall–Kier alpha value is -3.36. The van der Waals surface area contributed by atoms with Crippen molar-refractivity contribution in [3.05, 3.63) is 95.0 Å². The highest BCUT2D eigenvalue weighted by Gasteiger charge is 2.32. The van der Waals surface area contributed by atoms with Crippen LogP contribution in [0, 0.1) is 6.92 Å². The van der Waals surface area contributed by atoms with E-state index in [0.717, 1.165) is 22.7 Å². The van der Waals surface area contributed by atoms with Crippen molar-refractivity contribution < 1.29 is 18.0 Å². The first-order chi connectivity index (χ1) is 18.1. The van der Waals surface area contributed by atoms with E-state index >= 15 is 0 Å². The molecule has 0 fully saturated rings. The van der Waals surface area contributed by atoms with Crippen LogP contribution in [-0.2, 0) is 26.2 Å². The Kier molecular flexibility index (Phi) is 10.3. The van der Waals surface area contributed by atoms with Crippen LogP contribution < -0.4 is 9.62 Å². The predicted octanol–water partition coefficient (Wildman–Crippen LogP) is 5.18. The third kappa shape index (κ3) is 7.36. The van der Waals surface area contributed by atoms with E-state index < -0.39 is 28.5 Å². The smallest absolute Gasteiger partial charge is 0.264 e. The van der Waals surface area contributed by atoms with Gasteiger partial charge in [0.1, 0.15) is 12.6 Å². The van der Waals surface area contributed by atoms with Gasteiger partial charge in [-0.05, 0) is 56.2 Å². The first kappa shape index (κ1) is 29.2. The zero-order chi connectivity index (χ0) is 27.7. The maximum atomic E-state index is 13.8. The molecule has 3 aromatic rings. The van der Waals surface area contributed by atoms with Crippen LogP contribution in [0.15, 0.2) is 83.8 Å². The lowest BCUT2D eigenvalue weighted by molar-refractivity contribution is -0.139. The summed E-state index contributed by atoms with van der Waals surface area (Å²) >= 11 is 6.38. The third-order valence-corrected chi connectivity index (χ3v) is 8.38. The van der Waals surface area contributed by atoms with Gasteiger partial charge in [-0.25, -0.2) is 8.42 Å². The molecule has 0 heterocycles. The van der Waals surface area contributed by atoms with Crippen molar-refractivity contribution in [2.24, 2.45) is 0 Å². The Morgan fingerprint density at radius 2 is 1.58 bits per heavy atom. The number of carbonyl (C=O) groups excluding carboxylic acids is 2. The minimum absolute atomic E-state index is 0.0497. The van der Waals surface area contributed by atoms with Crippen molar-refractivity contribution in [3.8, 4) is 0 Å². The number of amides is 2. The standard InChI is InChI=1S/C29H34ClN3O4S/c1-4-5-19-31-29(35)23(3)32(20-24-11-9-10-14-27(24)30)28(34)21-33(25-12-7-6-8-13-25)38(36,37)26-17-15-22(2)16-18-26/h6-18,23H,4-5,19-21H2,1-3H3,(H,31,35)/t23-/m0/s1. The lowest BCUT2D eigenvalue weighted by atomic mass is 10.1. The first-order valence-electron chi connectivity index (χ1n) is 12.6. The Morgan fingerprint density at radius 1 is 0.947 bits per heavy atom. The molecule has 0 aliphatic rings. The summed E-state index contributed by atoms with van der Waals surface area (Å²) in [6, 6.07) is 21.2. The number of rotatable bonds is 12. The fourth-order valence-electron chi connectivity index (χ4n) is 3.89. The average Bonchev–Trinajstić information content (AvgIpc) is 2.91. The summed E-state index contributed by atoms with van der Waals surface area (Å²) in [5.41, 5.74) is 1.92. The Labute approximate surface area is 230 Å². The van der Waals surface area contributed by atoms with Crippen LogP contribution in [0.4, 0.5) is 5.69 Å². The van der Waals surface area contributed by atoms with Gasteiger partial charge >= 0.3 is 0 Å². The van der Waals surface area contributed by atoms with Crippen molar-refractivity contribution in [1.29, 1.82) is 0 Å². The SMILES string of the molecule is CCCCNC(=O)[C@H](C)N(Cc1ccccc1Cl)C(=O)CN(c1ccccc1)S(=O)(=O)c1ccc(C)cc1. The van der Waals surface area contributed by atoms with Gasteiger partial charge in [-0.2, -0.15) is 0 Å². The number of nitrogens with zero attached hydrogens (tertiary/aromatic N) is 2. The second-order valence-electron chi connectivity index (χ2n) is 9.09. The monoisotopic (exact) mass is 555 g/mol. The van der Waals surface area contributed by atoms with Crippen molar-refractivity contribution in [3.63, 3.8) is 0 Å². The normalized spacial score (nSPS) is 12.0. The molecule has 0 aromatic heterocycles. The Balaban J connectivity index is 1.98. The number of anilines is 1. The molecule has 9 heteroatoms. The highest BCUT2D eigenvalue weighted by Crippen LogP contribution is 2.25. The summed E-state index contributed by atoms with van der Waals surface area (Å²) in [5, 5.41) is 3.32. The second kappa shape index (κ2) is 13.4. The molecule has 0 unspecified atom stereocenters. The van der Waals surface area contributed by atoms with E-state index in [1.165, 1.54) is 17.0 Å². The highest BCUT2D eigenvalue weighted by atomic mass is 35.5. The van der Waals surface area contributed by atoms with Gasteiger partial charge in [0, 0.05) is 18.1 Å². The Morgan fingerprint density at radius 3 is 2.21 bits per heavy atom. The lowest BCUT2D eigenvalue weighted by Gasteiger charge is -2.32. The number of hydrogen-bond donors (Lipinski definition) is 1.